The van der Waals surface area contributed by atoms with Crippen molar-refractivity contribution in [1.82, 2.24) is 4.98 Å². The molecule has 0 aliphatic carbocycles. The minimum atomic E-state index is -4.37. The molecule has 2 nitrogen and oxygen atoms in total. The van der Waals surface area contributed by atoms with Crippen molar-refractivity contribution in [3.8, 4) is 0 Å². The van der Waals surface area contributed by atoms with E-state index in [1.165, 1.54) is 6.07 Å². The van der Waals surface area contributed by atoms with Crippen LogP contribution in [-0.2, 0) is 12.1 Å². The minimum Gasteiger partial charge on any atom is -0.340 e. The number of alkyl halides is 4. The summed E-state index contributed by atoms with van der Waals surface area (Å²) in [4.78, 5) is 3.73. The van der Waals surface area contributed by atoms with Gasteiger partial charge in [-0.3, -0.25) is 0 Å². The van der Waals surface area contributed by atoms with E-state index in [1.807, 2.05) is 18.2 Å². The van der Waals surface area contributed by atoms with Crippen LogP contribution in [0.1, 0.15) is 11.1 Å². The maximum absolute atomic E-state index is 12.4. The molecule has 1 aromatic carbocycles. The zero-order valence-electron chi connectivity index (χ0n) is 9.71. The van der Waals surface area contributed by atoms with Crippen LogP contribution in [0.5, 0.6) is 0 Å². The number of anilines is 2. The van der Waals surface area contributed by atoms with Crippen molar-refractivity contribution in [2.24, 2.45) is 0 Å². The Morgan fingerprint density at radius 3 is 2.53 bits per heavy atom. The lowest BCUT2D eigenvalue weighted by Gasteiger charge is -2.09. The summed E-state index contributed by atoms with van der Waals surface area (Å²) >= 11 is 5.70. The first kappa shape index (κ1) is 13.7. The van der Waals surface area contributed by atoms with Crippen LogP contribution < -0.4 is 5.32 Å². The molecular formula is C13H10ClF3N2. The Morgan fingerprint density at radius 1 is 1.16 bits per heavy atom. The molecule has 2 aromatic rings. The van der Waals surface area contributed by atoms with Crippen LogP contribution in [0.4, 0.5) is 24.7 Å². The molecule has 0 aliphatic heterocycles. The molecule has 0 saturated heterocycles. The van der Waals surface area contributed by atoms with Crippen molar-refractivity contribution >= 4 is 23.1 Å². The molecule has 0 aliphatic rings. The first-order valence-electron chi connectivity index (χ1n) is 5.44. The smallest absolute Gasteiger partial charge is 0.340 e. The molecule has 1 heterocycles. The van der Waals surface area contributed by atoms with Crippen LogP contribution in [0.2, 0.25) is 0 Å². The fourth-order valence-corrected chi connectivity index (χ4v) is 1.68. The fraction of sp³-hybridized carbons (Fsp3) is 0.154. The highest BCUT2D eigenvalue weighted by atomic mass is 35.5. The Morgan fingerprint density at radius 2 is 1.95 bits per heavy atom. The second kappa shape index (κ2) is 5.48. The number of nitrogens with one attached hydrogen (secondary N) is 1. The van der Waals surface area contributed by atoms with Crippen molar-refractivity contribution in [2.75, 3.05) is 5.32 Å². The van der Waals surface area contributed by atoms with Gasteiger partial charge in [0, 0.05) is 17.8 Å². The normalized spacial score (nSPS) is 11.4. The van der Waals surface area contributed by atoms with Crippen LogP contribution in [0.3, 0.4) is 0 Å². The Kier molecular flexibility index (Phi) is 3.95. The third kappa shape index (κ3) is 3.61. The van der Waals surface area contributed by atoms with Gasteiger partial charge in [-0.05, 0) is 29.8 Å². The number of halogens is 4. The fourth-order valence-electron chi connectivity index (χ4n) is 1.52. The Bertz CT molecular complexity index is 553. The molecule has 0 fully saturated rings. The molecule has 2 rings (SSSR count). The van der Waals surface area contributed by atoms with E-state index in [9.17, 15) is 13.2 Å². The van der Waals surface area contributed by atoms with E-state index < -0.39 is 11.7 Å². The van der Waals surface area contributed by atoms with Crippen molar-refractivity contribution in [3.05, 3.63) is 53.7 Å². The van der Waals surface area contributed by atoms with E-state index in [-0.39, 0.29) is 0 Å². The van der Waals surface area contributed by atoms with Gasteiger partial charge in [0.05, 0.1) is 5.56 Å². The van der Waals surface area contributed by atoms with E-state index in [0.29, 0.717) is 11.7 Å². The van der Waals surface area contributed by atoms with E-state index >= 15 is 0 Å². The molecule has 6 heteroatoms. The summed E-state index contributed by atoms with van der Waals surface area (Å²) in [7, 11) is 0. The van der Waals surface area contributed by atoms with Gasteiger partial charge in [-0.15, -0.1) is 11.6 Å². The molecule has 0 amide bonds. The zero-order valence-corrected chi connectivity index (χ0v) is 10.5. The molecular weight excluding hydrogens is 277 g/mol. The third-order valence-corrected chi connectivity index (χ3v) is 2.75. The highest BCUT2D eigenvalue weighted by Gasteiger charge is 2.30. The average molecular weight is 287 g/mol. The first-order valence-corrected chi connectivity index (χ1v) is 5.97. The highest BCUT2D eigenvalue weighted by Crippen LogP contribution is 2.29. The summed E-state index contributed by atoms with van der Waals surface area (Å²) in [6, 6.07) is 9.54. The molecule has 1 aromatic heterocycles. The van der Waals surface area contributed by atoms with Gasteiger partial charge in [-0.1, -0.05) is 12.1 Å². The maximum Gasteiger partial charge on any atom is 0.417 e. The number of hydrogen-bond acceptors (Lipinski definition) is 2. The van der Waals surface area contributed by atoms with Gasteiger partial charge in [0.15, 0.2) is 0 Å². The average Bonchev–Trinajstić information content (AvgIpc) is 2.38. The van der Waals surface area contributed by atoms with Crippen LogP contribution in [0, 0.1) is 0 Å². The predicted molar refractivity (Wildman–Crippen MR) is 68.5 cm³/mol. The number of rotatable bonds is 3. The van der Waals surface area contributed by atoms with Crippen molar-refractivity contribution < 1.29 is 13.2 Å². The Balaban J connectivity index is 2.15. The molecule has 100 valence electrons. The van der Waals surface area contributed by atoms with E-state index in [0.717, 1.165) is 23.5 Å². The lowest BCUT2D eigenvalue weighted by molar-refractivity contribution is -0.137. The van der Waals surface area contributed by atoms with Crippen molar-refractivity contribution in [3.63, 3.8) is 0 Å². The molecule has 0 unspecified atom stereocenters. The van der Waals surface area contributed by atoms with Crippen LogP contribution in [-0.4, -0.2) is 4.98 Å². The molecule has 0 radical (unpaired) electrons. The summed E-state index contributed by atoms with van der Waals surface area (Å²) in [5.41, 5.74) is 0.872. The third-order valence-electron chi connectivity index (χ3n) is 2.44. The molecule has 0 spiro atoms. The number of hydrogen-bond donors (Lipinski definition) is 1. The minimum absolute atomic E-state index is 0.347. The van der Waals surface area contributed by atoms with E-state index in [4.69, 9.17) is 11.6 Å². The molecule has 19 heavy (non-hydrogen) atoms. The number of benzene rings is 1. The number of aromatic nitrogens is 1. The monoisotopic (exact) mass is 286 g/mol. The van der Waals surface area contributed by atoms with E-state index in [1.54, 1.807) is 6.07 Å². The van der Waals surface area contributed by atoms with Crippen molar-refractivity contribution in [2.45, 2.75) is 12.1 Å². The van der Waals surface area contributed by atoms with Crippen molar-refractivity contribution in [1.29, 1.82) is 0 Å². The molecule has 0 atom stereocenters. The summed E-state index contributed by atoms with van der Waals surface area (Å²) in [6.07, 6.45) is -3.57. The number of nitrogens with zero attached hydrogens (tertiary/aromatic N) is 1. The van der Waals surface area contributed by atoms with Crippen LogP contribution in [0.15, 0.2) is 42.6 Å². The maximum atomic E-state index is 12.4. The highest BCUT2D eigenvalue weighted by molar-refractivity contribution is 6.17. The summed E-state index contributed by atoms with van der Waals surface area (Å²) < 4.78 is 37.1. The van der Waals surface area contributed by atoms with Gasteiger partial charge >= 0.3 is 6.18 Å². The van der Waals surface area contributed by atoms with Crippen LogP contribution >= 0.6 is 11.6 Å². The first-order chi connectivity index (χ1) is 8.99. The molecule has 0 bridgehead atoms. The molecule has 1 N–H and O–H groups in total. The Hall–Kier alpha value is -1.75. The van der Waals surface area contributed by atoms with Gasteiger partial charge in [0.1, 0.15) is 5.82 Å². The zero-order chi connectivity index (χ0) is 13.9. The van der Waals surface area contributed by atoms with Gasteiger partial charge in [0.25, 0.3) is 0 Å². The second-order valence-corrected chi connectivity index (χ2v) is 4.16. The van der Waals surface area contributed by atoms with Gasteiger partial charge < -0.3 is 5.32 Å². The standard InChI is InChI=1S/C13H10ClF3N2/c14-7-9-2-1-3-11(6-9)19-12-5-4-10(8-18-12)13(15,16)17/h1-6,8H,7H2,(H,18,19). The number of pyridine rings is 1. The Labute approximate surface area is 113 Å². The van der Waals surface area contributed by atoms with Gasteiger partial charge in [-0.25, -0.2) is 4.98 Å². The summed E-state index contributed by atoms with van der Waals surface area (Å²) in [5.74, 6) is 0.718. The summed E-state index contributed by atoms with van der Waals surface area (Å²) in [5, 5.41) is 2.92. The SMILES string of the molecule is FC(F)(F)c1ccc(Nc2cccc(CCl)c2)nc1. The van der Waals surface area contributed by atoms with Crippen LogP contribution in [0.25, 0.3) is 0 Å². The van der Waals surface area contributed by atoms with Gasteiger partial charge in [-0.2, -0.15) is 13.2 Å². The largest absolute Gasteiger partial charge is 0.417 e. The van der Waals surface area contributed by atoms with E-state index in [2.05, 4.69) is 10.3 Å². The lowest BCUT2D eigenvalue weighted by Crippen LogP contribution is -2.05. The lowest BCUT2D eigenvalue weighted by atomic mass is 10.2. The van der Waals surface area contributed by atoms with Gasteiger partial charge in [0.2, 0.25) is 0 Å². The molecule has 0 saturated carbocycles. The topological polar surface area (TPSA) is 24.9 Å². The predicted octanol–water partition coefficient (Wildman–Crippen LogP) is 4.58. The second-order valence-electron chi connectivity index (χ2n) is 3.89. The summed E-state index contributed by atoms with van der Waals surface area (Å²) in [6.45, 7) is 0. The quantitative estimate of drug-likeness (QED) is 0.835.